The summed E-state index contributed by atoms with van der Waals surface area (Å²) in [6.07, 6.45) is 1.65. The zero-order valence-corrected chi connectivity index (χ0v) is 13.9. The molecule has 0 saturated heterocycles. The summed E-state index contributed by atoms with van der Waals surface area (Å²) in [6.45, 7) is 0.537. The van der Waals surface area contributed by atoms with E-state index in [2.05, 4.69) is 15.3 Å². The Kier molecular flexibility index (Phi) is 5.01. The van der Waals surface area contributed by atoms with E-state index in [4.69, 9.17) is 19.5 Å². The molecule has 128 valence electrons. The van der Waals surface area contributed by atoms with Crippen molar-refractivity contribution in [1.29, 1.82) is 0 Å². The molecule has 0 unspecified atom stereocenters. The van der Waals surface area contributed by atoms with Crippen LogP contribution in [0.15, 0.2) is 42.6 Å². The van der Waals surface area contributed by atoms with Gasteiger partial charge in [0, 0.05) is 18.7 Å². The predicted molar refractivity (Wildman–Crippen MR) is 96.2 cm³/mol. The van der Waals surface area contributed by atoms with Crippen molar-refractivity contribution in [2.24, 2.45) is 0 Å². The molecule has 3 N–H and O–H groups in total. The molecule has 0 atom stereocenters. The highest BCUT2D eigenvalue weighted by molar-refractivity contribution is 6.58. The fraction of sp³-hybridized carbons (Fsp3) is 0.176. The molecule has 0 aliphatic carbocycles. The minimum atomic E-state index is -1.46. The second-order valence-electron chi connectivity index (χ2n) is 5.42. The van der Waals surface area contributed by atoms with Crippen molar-refractivity contribution in [3.8, 4) is 11.5 Å². The van der Waals surface area contributed by atoms with Crippen molar-refractivity contribution in [3.05, 3.63) is 48.2 Å². The van der Waals surface area contributed by atoms with Gasteiger partial charge in [0.15, 0.2) is 11.5 Å². The van der Waals surface area contributed by atoms with Crippen LogP contribution in [0.25, 0.3) is 11.0 Å². The second-order valence-corrected chi connectivity index (χ2v) is 5.42. The van der Waals surface area contributed by atoms with Gasteiger partial charge in [0.2, 0.25) is 0 Å². The molecule has 0 aliphatic rings. The van der Waals surface area contributed by atoms with E-state index in [-0.39, 0.29) is 0 Å². The standard InChI is InChI=1S/C17H18BN3O4/c1-24-15-7-13-14(8-16(15)25-2)21-17(10-19-13)20-9-11-3-5-12(6-4-11)18(22)23/h3-8,10,22-23H,9H2,1-2H3,(H,20,21). The second kappa shape index (κ2) is 7.37. The Balaban J connectivity index is 1.77. The normalized spacial score (nSPS) is 10.6. The number of hydrogen-bond acceptors (Lipinski definition) is 7. The van der Waals surface area contributed by atoms with Gasteiger partial charge >= 0.3 is 7.12 Å². The minimum Gasteiger partial charge on any atom is -0.493 e. The molecule has 1 heterocycles. The van der Waals surface area contributed by atoms with Gasteiger partial charge in [-0.25, -0.2) is 4.98 Å². The zero-order valence-electron chi connectivity index (χ0n) is 13.9. The van der Waals surface area contributed by atoms with Crippen LogP contribution in [0.4, 0.5) is 5.82 Å². The first-order valence-electron chi connectivity index (χ1n) is 7.68. The molecule has 0 bridgehead atoms. The van der Waals surface area contributed by atoms with Crippen LogP contribution in [0.3, 0.4) is 0 Å². The van der Waals surface area contributed by atoms with Gasteiger partial charge in [-0.1, -0.05) is 24.3 Å². The van der Waals surface area contributed by atoms with Crippen molar-refractivity contribution < 1.29 is 19.5 Å². The number of ether oxygens (including phenoxy) is 2. The Morgan fingerprint density at radius 2 is 1.64 bits per heavy atom. The maximum atomic E-state index is 9.11. The topological polar surface area (TPSA) is 96.7 Å². The van der Waals surface area contributed by atoms with Gasteiger partial charge in [0.1, 0.15) is 5.82 Å². The zero-order chi connectivity index (χ0) is 17.8. The molecular weight excluding hydrogens is 321 g/mol. The maximum Gasteiger partial charge on any atom is 0.488 e. The van der Waals surface area contributed by atoms with Gasteiger partial charge in [-0.05, 0) is 11.0 Å². The number of fused-ring (bicyclic) bond motifs is 1. The highest BCUT2D eigenvalue weighted by atomic mass is 16.5. The molecule has 3 aromatic rings. The average molecular weight is 339 g/mol. The van der Waals surface area contributed by atoms with Crippen LogP contribution >= 0.6 is 0 Å². The molecule has 0 amide bonds. The molecule has 0 saturated carbocycles. The van der Waals surface area contributed by atoms with E-state index in [1.54, 1.807) is 44.7 Å². The molecule has 0 radical (unpaired) electrons. The Morgan fingerprint density at radius 3 is 2.24 bits per heavy atom. The SMILES string of the molecule is COc1cc2ncc(NCc3ccc(B(O)O)cc3)nc2cc1OC. The van der Waals surface area contributed by atoms with Crippen molar-refractivity contribution in [2.75, 3.05) is 19.5 Å². The number of anilines is 1. The van der Waals surface area contributed by atoms with E-state index in [9.17, 15) is 0 Å². The van der Waals surface area contributed by atoms with Gasteiger partial charge in [-0.15, -0.1) is 0 Å². The Labute approximate surface area is 145 Å². The Bertz CT molecular complexity index is 872. The summed E-state index contributed by atoms with van der Waals surface area (Å²) in [4.78, 5) is 8.92. The fourth-order valence-corrected chi connectivity index (χ4v) is 2.43. The molecule has 0 spiro atoms. The highest BCUT2D eigenvalue weighted by Crippen LogP contribution is 2.30. The van der Waals surface area contributed by atoms with Crippen LogP contribution < -0.4 is 20.3 Å². The third-order valence-corrected chi connectivity index (χ3v) is 3.80. The molecule has 0 fully saturated rings. The molecule has 1 aromatic heterocycles. The van der Waals surface area contributed by atoms with E-state index in [0.29, 0.717) is 40.4 Å². The van der Waals surface area contributed by atoms with Crippen LogP contribution in [-0.4, -0.2) is 41.4 Å². The number of methoxy groups -OCH3 is 2. The molecular formula is C17H18BN3O4. The van der Waals surface area contributed by atoms with E-state index < -0.39 is 7.12 Å². The van der Waals surface area contributed by atoms with E-state index >= 15 is 0 Å². The quantitative estimate of drug-likeness (QED) is 0.575. The molecule has 0 aliphatic heterocycles. The van der Waals surface area contributed by atoms with E-state index in [1.165, 1.54) is 0 Å². The molecule has 2 aromatic carbocycles. The monoisotopic (exact) mass is 339 g/mol. The number of rotatable bonds is 6. The van der Waals surface area contributed by atoms with Gasteiger partial charge in [-0.3, -0.25) is 4.98 Å². The van der Waals surface area contributed by atoms with Crippen molar-refractivity contribution in [3.63, 3.8) is 0 Å². The lowest BCUT2D eigenvalue weighted by molar-refractivity contribution is 0.355. The Hall–Kier alpha value is -2.84. The summed E-state index contributed by atoms with van der Waals surface area (Å²) in [5, 5.41) is 21.4. The van der Waals surface area contributed by atoms with Gasteiger partial charge < -0.3 is 24.8 Å². The Morgan fingerprint density at radius 1 is 1.00 bits per heavy atom. The first kappa shape index (κ1) is 17.0. The maximum absolute atomic E-state index is 9.11. The van der Waals surface area contributed by atoms with Crippen molar-refractivity contribution >= 4 is 29.4 Å². The number of aromatic nitrogens is 2. The first-order chi connectivity index (χ1) is 12.1. The lowest BCUT2D eigenvalue weighted by Crippen LogP contribution is -2.29. The largest absolute Gasteiger partial charge is 0.493 e. The number of nitrogens with one attached hydrogen (secondary N) is 1. The lowest BCUT2D eigenvalue weighted by Gasteiger charge is -2.10. The fourth-order valence-electron chi connectivity index (χ4n) is 2.43. The average Bonchev–Trinajstić information content (AvgIpc) is 2.65. The number of hydrogen-bond donors (Lipinski definition) is 3. The first-order valence-corrected chi connectivity index (χ1v) is 7.68. The van der Waals surface area contributed by atoms with Crippen LogP contribution in [0.2, 0.25) is 0 Å². The molecule has 8 heteroatoms. The van der Waals surface area contributed by atoms with Gasteiger partial charge in [0.05, 0.1) is 31.4 Å². The third-order valence-electron chi connectivity index (χ3n) is 3.80. The smallest absolute Gasteiger partial charge is 0.488 e. The molecule has 25 heavy (non-hydrogen) atoms. The lowest BCUT2D eigenvalue weighted by atomic mass is 9.80. The highest BCUT2D eigenvalue weighted by Gasteiger charge is 2.10. The summed E-state index contributed by atoms with van der Waals surface area (Å²) in [6, 6.07) is 10.6. The van der Waals surface area contributed by atoms with Crippen LogP contribution in [0.1, 0.15) is 5.56 Å². The van der Waals surface area contributed by atoms with Crippen LogP contribution in [-0.2, 0) is 6.54 Å². The van der Waals surface area contributed by atoms with E-state index in [0.717, 1.165) is 5.56 Å². The third kappa shape index (κ3) is 3.81. The summed E-state index contributed by atoms with van der Waals surface area (Å²) >= 11 is 0. The number of benzene rings is 2. The van der Waals surface area contributed by atoms with Gasteiger partial charge in [-0.2, -0.15) is 0 Å². The van der Waals surface area contributed by atoms with E-state index in [1.807, 2.05) is 12.1 Å². The summed E-state index contributed by atoms with van der Waals surface area (Å²) in [7, 11) is 1.70. The summed E-state index contributed by atoms with van der Waals surface area (Å²) < 4.78 is 10.6. The molecule has 3 rings (SSSR count). The van der Waals surface area contributed by atoms with Crippen molar-refractivity contribution in [2.45, 2.75) is 6.54 Å². The summed E-state index contributed by atoms with van der Waals surface area (Å²) in [5.74, 6) is 1.83. The van der Waals surface area contributed by atoms with Crippen molar-refractivity contribution in [1.82, 2.24) is 9.97 Å². The van der Waals surface area contributed by atoms with Gasteiger partial charge in [0.25, 0.3) is 0 Å². The number of nitrogens with zero attached hydrogens (tertiary/aromatic N) is 2. The van der Waals surface area contributed by atoms with Crippen LogP contribution in [0.5, 0.6) is 11.5 Å². The minimum absolute atomic E-state index is 0.454. The molecule has 7 nitrogen and oxygen atoms in total. The van der Waals surface area contributed by atoms with Crippen LogP contribution in [0, 0.1) is 0 Å². The predicted octanol–water partition coefficient (Wildman–Crippen LogP) is 0.939. The summed E-state index contributed by atoms with van der Waals surface area (Å²) in [5.41, 5.74) is 2.85.